The zero-order valence-electron chi connectivity index (χ0n) is 18.5. The van der Waals surface area contributed by atoms with Crippen LogP contribution in [0.4, 0.5) is 4.39 Å². The Kier molecular flexibility index (Phi) is 9.43. The normalized spacial score (nSPS) is 13.0. The maximum atomic E-state index is 13.5. The minimum atomic E-state index is -1.37. The van der Waals surface area contributed by atoms with Crippen molar-refractivity contribution in [3.05, 3.63) is 83.4 Å². The second-order valence-electron chi connectivity index (χ2n) is 7.53. The summed E-state index contributed by atoms with van der Waals surface area (Å²) >= 11 is 0. The number of carbonyl (C=O) groups excluding carboxylic acids is 1. The third-order valence-corrected chi connectivity index (χ3v) is 5.24. The van der Waals surface area contributed by atoms with Crippen LogP contribution in [0, 0.1) is 19.7 Å². The molecule has 5 nitrogen and oxygen atoms in total. The van der Waals surface area contributed by atoms with Gasteiger partial charge in [0.15, 0.2) is 0 Å². The molecule has 3 aromatic rings. The van der Waals surface area contributed by atoms with Gasteiger partial charge in [0.1, 0.15) is 5.82 Å². The van der Waals surface area contributed by atoms with Gasteiger partial charge in [-0.2, -0.15) is 0 Å². The van der Waals surface area contributed by atoms with Gasteiger partial charge in [-0.3, -0.25) is 0 Å². The van der Waals surface area contributed by atoms with Crippen molar-refractivity contribution >= 4 is 12.0 Å². The molecule has 2 N–H and O–H groups in total. The first-order valence-electron chi connectivity index (χ1n) is 10.1. The number of aliphatic hydroxyl groups excluding tert-OH is 2. The van der Waals surface area contributed by atoms with Gasteiger partial charge >= 0.3 is 29.6 Å². The Morgan fingerprint density at radius 2 is 1.69 bits per heavy atom. The molecule has 162 valence electrons. The molecule has 1 aromatic heterocycles. The van der Waals surface area contributed by atoms with Crippen LogP contribution >= 0.6 is 0 Å². The summed E-state index contributed by atoms with van der Waals surface area (Å²) < 4.78 is 15.6. The van der Waals surface area contributed by atoms with Crippen molar-refractivity contribution < 1.29 is 54.1 Å². The zero-order valence-corrected chi connectivity index (χ0v) is 20.5. The van der Waals surface area contributed by atoms with E-state index in [1.54, 1.807) is 18.2 Å². The van der Waals surface area contributed by atoms with Crippen LogP contribution in [0.2, 0.25) is 0 Å². The van der Waals surface area contributed by atoms with Crippen LogP contribution in [0.25, 0.3) is 22.9 Å². The van der Waals surface area contributed by atoms with Crippen molar-refractivity contribution in [1.82, 2.24) is 4.57 Å². The topological polar surface area (TPSA) is 85.5 Å². The molecule has 3 rings (SSSR count). The van der Waals surface area contributed by atoms with E-state index in [9.17, 15) is 24.5 Å². The van der Waals surface area contributed by atoms with Crippen LogP contribution in [0.1, 0.15) is 29.8 Å². The van der Waals surface area contributed by atoms with E-state index in [-0.39, 0.29) is 41.8 Å². The number of para-hydroxylation sites is 1. The number of carboxylic acid groups (broad SMARTS) is 1. The summed E-state index contributed by atoms with van der Waals surface area (Å²) in [7, 11) is 0. The standard InChI is InChI=1S/C25H26FNO4.Na/c1-16-23(13-12-21(28)14-22(29)15-24(30)31)25(18-8-10-19(26)11-9-18)17(2)27(16)20-6-4-3-5-7-20;/h3-13,21-22,28-29H,14-15H2,1-2H3,(H,30,31);/q;+1/p-1/b13-12+;/t21-,22+;/m0./s1. The van der Waals surface area contributed by atoms with Gasteiger partial charge in [0.2, 0.25) is 0 Å². The molecule has 0 saturated heterocycles. The number of aliphatic carboxylic acids is 1. The smallest absolute Gasteiger partial charge is 0.550 e. The number of carboxylic acids is 1. The number of aliphatic hydroxyl groups is 2. The van der Waals surface area contributed by atoms with Crippen LogP contribution < -0.4 is 34.7 Å². The van der Waals surface area contributed by atoms with Crippen molar-refractivity contribution in [3.8, 4) is 16.8 Å². The summed E-state index contributed by atoms with van der Waals surface area (Å²) in [6.07, 6.45) is 0.412. The molecule has 0 bridgehead atoms. The largest absolute Gasteiger partial charge is 1.00 e. The summed E-state index contributed by atoms with van der Waals surface area (Å²) in [4.78, 5) is 10.6. The van der Waals surface area contributed by atoms with Gasteiger partial charge in [0, 0.05) is 47.0 Å². The molecule has 0 aliphatic rings. The quantitative estimate of drug-likeness (QED) is 0.484. The minimum absolute atomic E-state index is 0. The minimum Gasteiger partial charge on any atom is -0.550 e. The molecule has 7 heteroatoms. The fourth-order valence-electron chi connectivity index (χ4n) is 3.85. The zero-order chi connectivity index (χ0) is 22.5. The Hall–Kier alpha value is -2.22. The SMILES string of the molecule is Cc1c(/C=C/[C@H](O)C[C@@H](O)CC(=O)[O-])c(-c2ccc(F)cc2)c(C)n1-c1ccccc1.[Na+]. The number of benzene rings is 2. The van der Waals surface area contributed by atoms with Crippen molar-refractivity contribution in [3.63, 3.8) is 0 Å². The van der Waals surface area contributed by atoms with Gasteiger partial charge in [0.05, 0.1) is 12.2 Å². The number of rotatable bonds is 8. The number of carbonyl (C=O) groups is 1. The molecule has 0 amide bonds. The fourth-order valence-corrected chi connectivity index (χ4v) is 3.85. The van der Waals surface area contributed by atoms with E-state index in [0.717, 1.165) is 33.8 Å². The van der Waals surface area contributed by atoms with Crippen molar-refractivity contribution in [2.45, 2.75) is 38.9 Å². The molecule has 0 fully saturated rings. The van der Waals surface area contributed by atoms with Crippen LogP contribution in [0.5, 0.6) is 0 Å². The molecule has 0 saturated carbocycles. The Morgan fingerprint density at radius 3 is 2.28 bits per heavy atom. The van der Waals surface area contributed by atoms with Crippen molar-refractivity contribution in [2.75, 3.05) is 0 Å². The van der Waals surface area contributed by atoms with E-state index in [2.05, 4.69) is 4.57 Å². The summed E-state index contributed by atoms with van der Waals surface area (Å²) in [5.41, 5.74) is 5.46. The number of nitrogens with zero attached hydrogens (tertiary/aromatic N) is 1. The molecule has 2 aromatic carbocycles. The number of aromatic nitrogens is 1. The van der Waals surface area contributed by atoms with Gasteiger partial charge in [-0.15, -0.1) is 0 Å². The van der Waals surface area contributed by atoms with E-state index >= 15 is 0 Å². The summed E-state index contributed by atoms with van der Waals surface area (Å²) in [5.74, 6) is -1.69. The molecular formula is C25H25FNNaO4. The number of hydrogen-bond donors (Lipinski definition) is 2. The van der Waals surface area contributed by atoms with Crippen molar-refractivity contribution in [1.29, 1.82) is 0 Å². The fraction of sp³-hybridized carbons (Fsp3) is 0.240. The van der Waals surface area contributed by atoms with Gasteiger partial charge < -0.3 is 24.7 Å². The summed E-state index contributed by atoms with van der Waals surface area (Å²) in [6, 6.07) is 16.1. The molecule has 0 unspecified atom stereocenters. The van der Waals surface area contributed by atoms with Gasteiger partial charge in [-0.25, -0.2) is 4.39 Å². The predicted molar refractivity (Wildman–Crippen MR) is 116 cm³/mol. The van der Waals surface area contributed by atoms with Gasteiger partial charge in [-0.05, 0) is 43.7 Å². The maximum absolute atomic E-state index is 13.5. The van der Waals surface area contributed by atoms with E-state index in [1.807, 2.05) is 44.2 Å². The summed E-state index contributed by atoms with van der Waals surface area (Å²) in [5, 5.41) is 30.6. The third kappa shape index (κ3) is 6.18. The van der Waals surface area contributed by atoms with E-state index in [1.165, 1.54) is 18.2 Å². The molecule has 0 aliphatic carbocycles. The molecule has 0 aliphatic heterocycles. The van der Waals surface area contributed by atoms with Gasteiger partial charge in [-0.1, -0.05) is 42.5 Å². The van der Waals surface area contributed by atoms with E-state index < -0.39 is 24.6 Å². The molecule has 0 radical (unpaired) electrons. The molecule has 0 spiro atoms. The summed E-state index contributed by atoms with van der Waals surface area (Å²) in [6.45, 7) is 3.94. The van der Waals surface area contributed by atoms with E-state index in [4.69, 9.17) is 0 Å². The van der Waals surface area contributed by atoms with Crippen LogP contribution in [0.3, 0.4) is 0 Å². The average molecular weight is 445 g/mol. The molecule has 32 heavy (non-hydrogen) atoms. The monoisotopic (exact) mass is 445 g/mol. The van der Waals surface area contributed by atoms with Crippen LogP contribution in [0.15, 0.2) is 60.7 Å². The Labute approximate surface area is 209 Å². The van der Waals surface area contributed by atoms with Gasteiger partial charge in [0.25, 0.3) is 0 Å². The second-order valence-corrected chi connectivity index (χ2v) is 7.53. The second kappa shape index (κ2) is 11.6. The van der Waals surface area contributed by atoms with Crippen LogP contribution in [-0.2, 0) is 4.79 Å². The third-order valence-electron chi connectivity index (χ3n) is 5.24. The first-order valence-corrected chi connectivity index (χ1v) is 10.1. The maximum Gasteiger partial charge on any atom is 1.00 e. The Bertz CT molecular complexity index is 1080. The molecular weight excluding hydrogens is 420 g/mol. The number of hydrogen-bond acceptors (Lipinski definition) is 4. The first kappa shape index (κ1) is 26.0. The van der Waals surface area contributed by atoms with Crippen molar-refractivity contribution in [2.24, 2.45) is 0 Å². The number of halogens is 1. The Morgan fingerprint density at radius 1 is 1.06 bits per heavy atom. The Balaban J connectivity index is 0.00000363. The first-order chi connectivity index (χ1) is 14.8. The molecule has 1 heterocycles. The average Bonchev–Trinajstić information content (AvgIpc) is 2.96. The van der Waals surface area contributed by atoms with E-state index in [0.29, 0.717) is 0 Å². The van der Waals surface area contributed by atoms with Crippen LogP contribution in [-0.4, -0.2) is 33.0 Å². The molecule has 2 atom stereocenters. The predicted octanol–water partition coefficient (Wildman–Crippen LogP) is 0.169.